The zero-order valence-electron chi connectivity index (χ0n) is 16.4. The number of rotatable bonds is 6. The van der Waals surface area contributed by atoms with E-state index in [0.717, 1.165) is 10.5 Å². The summed E-state index contributed by atoms with van der Waals surface area (Å²) in [7, 11) is 0. The molecule has 1 heterocycles. The number of imide groups is 1. The summed E-state index contributed by atoms with van der Waals surface area (Å²) >= 11 is 6.00. The number of hydrogen-bond acceptors (Lipinski definition) is 5. The minimum Gasteiger partial charge on any atom is -0.503 e. The predicted molar refractivity (Wildman–Crippen MR) is 112 cm³/mol. The summed E-state index contributed by atoms with van der Waals surface area (Å²) in [4.78, 5) is 37.9. The van der Waals surface area contributed by atoms with Crippen LogP contribution in [0.3, 0.4) is 0 Å². The average molecular weight is 430 g/mol. The van der Waals surface area contributed by atoms with Crippen LogP contribution in [0.15, 0.2) is 42.1 Å². The molecular weight excluding hydrogens is 410 g/mol. The molecule has 8 nitrogen and oxygen atoms in total. The highest BCUT2D eigenvalue weighted by molar-refractivity contribution is 6.32. The largest absolute Gasteiger partial charge is 0.503 e. The molecule has 0 spiro atoms. The number of carbonyl (C=O) groups excluding carboxylic acids is 3. The van der Waals surface area contributed by atoms with E-state index in [-0.39, 0.29) is 22.2 Å². The van der Waals surface area contributed by atoms with E-state index in [4.69, 9.17) is 16.3 Å². The highest BCUT2D eigenvalue weighted by Crippen LogP contribution is 2.36. The zero-order chi connectivity index (χ0) is 21.8. The second-order valence-electron chi connectivity index (χ2n) is 6.58. The first kappa shape index (κ1) is 21.2. The number of hydrogen-bond donors (Lipinski definition) is 3. The molecular formula is C21H20ClN3O5. The van der Waals surface area contributed by atoms with Gasteiger partial charge in [0.2, 0.25) is 5.91 Å². The van der Waals surface area contributed by atoms with Crippen molar-refractivity contribution in [2.45, 2.75) is 13.8 Å². The number of phenolic OH excluding ortho intramolecular Hbond substituents is 1. The summed E-state index contributed by atoms with van der Waals surface area (Å²) in [5, 5.41) is 15.1. The number of amides is 4. The number of ether oxygens (including phenoxy) is 1. The van der Waals surface area contributed by atoms with Gasteiger partial charge in [0, 0.05) is 5.69 Å². The quantitative estimate of drug-likeness (QED) is 0.482. The van der Waals surface area contributed by atoms with Crippen molar-refractivity contribution in [3.63, 3.8) is 0 Å². The lowest BCUT2D eigenvalue weighted by Crippen LogP contribution is -2.38. The molecule has 9 heteroatoms. The molecule has 0 unspecified atom stereocenters. The third-order valence-corrected chi connectivity index (χ3v) is 4.52. The first-order valence-electron chi connectivity index (χ1n) is 9.15. The molecule has 4 amide bonds. The maximum absolute atomic E-state index is 12.6. The van der Waals surface area contributed by atoms with Gasteiger partial charge in [-0.05, 0) is 55.3 Å². The van der Waals surface area contributed by atoms with Crippen LogP contribution in [-0.4, -0.2) is 41.0 Å². The Hall–Kier alpha value is -3.52. The molecule has 30 heavy (non-hydrogen) atoms. The molecule has 0 radical (unpaired) electrons. The molecule has 156 valence electrons. The highest BCUT2D eigenvalue weighted by atomic mass is 35.5. The standard InChI is InChI=1S/C21H20ClN3O5/c1-3-30-17-10-13(8-15(22)19(17)27)9-16-20(28)25(21(29)24-16)11-18(26)23-14-6-4-5-12(2)7-14/h4-10,27H,3,11H2,1-2H3,(H,23,26)(H,24,29). The molecule has 0 saturated carbocycles. The summed E-state index contributed by atoms with van der Waals surface area (Å²) in [6, 6.07) is 9.38. The van der Waals surface area contributed by atoms with Crippen LogP contribution in [0.4, 0.5) is 10.5 Å². The summed E-state index contributed by atoms with van der Waals surface area (Å²) in [6.45, 7) is 3.51. The van der Waals surface area contributed by atoms with Gasteiger partial charge in [0.25, 0.3) is 5.91 Å². The van der Waals surface area contributed by atoms with E-state index in [2.05, 4.69) is 10.6 Å². The third-order valence-electron chi connectivity index (χ3n) is 4.23. The Morgan fingerprint density at radius 2 is 2.07 bits per heavy atom. The van der Waals surface area contributed by atoms with Crippen molar-refractivity contribution >= 4 is 41.2 Å². The fourth-order valence-electron chi connectivity index (χ4n) is 2.89. The molecule has 0 aliphatic carbocycles. The molecule has 2 aromatic rings. The number of aromatic hydroxyl groups is 1. The molecule has 3 rings (SSSR count). The fourth-order valence-corrected chi connectivity index (χ4v) is 3.11. The van der Waals surface area contributed by atoms with E-state index in [9.17, 15) is 19.5 Å². The first-order valence-corrected chi connectivity index (χ1v) is 9.52. The van der Waals surface area contributed by atoms with Crippen LogP contribution in [0.5, 0.6) is 11.5 Å². The van der Waals surface area contributed by atoms with Crippen molar-refractivity contribution in [1.82, 2.24) is 10.2 Å². The number of aryl methyl sites for hydroxylation is 1. The van der Waals surface area contributed by atoms with Crippen LogP contribution in [0.1, 0.15) is 18.1 Å². The monoisotopic (exact) mass is 429 g/mol. The number of phenols is 1. The summed E-state index contributed by atoms with van der Waals surface area (Å²) in [5.74, 6) is -1.21. The van der Waals surface area contributed by atoms with Gasteiger partial charge in [-0.25, -0.2) is 9.69 Å². The van der Waals surface area contributed by atoms with Crippen LogP contribution in [0.2, 0.25) is 5.02 Å². The lowest BCUT2D eigenvalue weighted by atomic mass is 10.1. The fraction of sp³-hybridized carbons (Fsp3) is 0.190. The van der Waals surface area contributed by atoms with E-state index >= 15 is 0 Å². The molecule has 1 aliphatic heterocycles. The molecule has 0 aromatic heterocycles. The van der Waals surface area contributed by atoms with E-state index in [1.165, 1.54) is 18.2 Å². The Balaban J connectivity index is 1.75. The molecule has 1 fully saturated rings. The Kier molecular flexibility index (Phi) is 6.27. The summed E-state index contributed by atoms with van der Waals surface area (Å²) < 4.78 is 5.31. The predicted octanol–water partition coefficient (Wildman–Crippen LogP) is 3.28. The van der Waals surface area contributed by atoms with E-state index in [0.29, 0.717) is 17.9 Å². The molecule has 0 bridgehead atoms. The number of benzene rings is 2. The van der Waals surface area contributed by atoms with Crippen LogP contribution in [0, 0.1) is 6.92 Å². The van der Waals surface area contributed by atoms with Crippen LogP contribution < -0.4 is 15.4 Å². The third kappa shape index (κ3) is 4.72. The topological polar surface area (TPSA) is 108 Å². The number of halogens is 1. The Bertz CT molecular complexity index is 1050. The maximum atomic E-state index is 12.6. The lowest BCUT2D eigenvalue weighted by molar-refractivity contribution is -0.127. The number of nitrogens with zero attached hydrogens (tertiary/aromatic N) is 1. The van der Waals surface area contributed by atoms with Crippen molar-refractivity contribution in [2.24, 2.45) is 0 Å². The molecule has 1 saturated heterocycles. The van der Waals surface area contributed by atoms with Gasteiger partial charge < -0.3 is 20.5 Å². The molecule has 3 N–H and O–H groups in total. The minimum atomic E-state index is -0.708. The molecule has 0 atom stereocenters. The van der Waals surface area contributed by atoms with Gasteiger partial charge in [-0.3, -0.25) is 9.59 Å². The number of carbonyl (C=O) groups is 3. The molecule has 1 aliphatic rings. The Morgan fingerprint density at radius 3 is 2.77 bits per heavy atom. The van der Waals surface area contributed by atoms with Gasteiger partial charge in [0.1, 0.15) is 12.2 Å². The summed E-state index contributed by atoms with van der Waals surface area (Å²) in [5.41, 5.74) is 1.96. The van der Waals surface area contributed by atoms with Gasteiger partial charge in [-0.2, -0.15) is 0 Å². The zero-order valence-corrected chi connectivity index (χ0v) is 17.1. The van der Waals surface area contributed by atoms with Crippen LogP contribution >= 0.6 is 11.6 Å². The first-order chi connectivity index (χ1) is 14.3. The van der Waals surface area contributed by atoms with Crippen molar-refractivity contribution in [2.75, 3.05) is 18.5 Å². The number of anilines is 1. The van der Waals surface area contributed by atoms with Crippen LogP contribution in [-0.2, 0) is 9.59 Å². The van der Waals surface area contributed by atoms with Gasteiger partial charge >= 0.3 is 6.03 Å². The Labute approximate surface area is 178 Å². The number of urea groups is 1. The van der Waals surface area contributed by atoms with Crippen molar-refractivity contribution in [3.05, 3.63) is 58.2 Å². The van der Waals surface area contributed by atoms with Crippen molar-refractivity contribution in [3.8, 4) is 11.5 Å². The van der Waals surface area contributed by atoms with Crippen molar-refractivity contribution in [1.29, 1.82) is 0 Å². The lowest BCUT2D eigenvalue weighted by Gasteiger charge is -2.12. The smallest absolute Gasteiger partial charge is 0.329 e. The molecule has 2 aromatic carbocycles. The van der Waals surface area contributed by atoms with E-state index in [1.807, 2.05) is 13.0 Å². The van der Waals surface area contributed by atoms with Crippen molar-refractivity contribution < 1.29 is 24.2 Å². The normalized spacial score (nSPS) is 14.8. The SMILES string of the molecule is CCOc1cc(C=C2NC(=O)N(CC(=O)Nc3cccc(C)c3)C2=O)cc(Cl)c1O. The maximum Gasteiger partial charge on any atom is 0.329 e. The summed E-state index contributed by atoms with van der Waals surface area (Å²) in [6.07, 6.45) is 1.40. The van der Waals surface area contributed by atoms with Gasteiger partial charge in [-0.15, -0.1) is 0 Å². The minimum absolute atomic E-state index is 0.0208. The second kappa shape index (κ2) is 8.87. The van der Waals surface area contributed by atoms with Gasteiger partial charge in [0.15, 0.2) is 11.5 Å². The highest BCUT2D eigenvalue weighted by Gasteiger charge is 2.35. The van der Waals surface area contributed by atoms with Gasteiger partial charge in [0.05, 0.1) is 11.6 Å². The van der Waals surface area contributed by atoms with Gasteiger partial charge in [-0.1, -0.05) is 23.7 Å². The Morgan fingerprint density at radius 1 is 1.30 bits per heavy atom. The van der Waals surface area contributed by atoms with E-state index in [1.54, 1.807) is 25.1 Å². The average Bonchev–Trinajstić information content (AvgIpc) is 2.93. The second-order valence-corrected chi connectivity index (χ2v) is 6.99. The number of nitrogens with one attached hydrogen (secondary N) is 2. The van der Waals surface area contributed by atoms with E-state index < -0.39 is 24.4 Å². The van der Waals surface area contributed by atoms with Crippen LogP contribution in [0.25, 0.3) is 6.08 Å².